The van der Waals surface area contributed by atoms with Crippen molar-refractivity contribution in [2.75, 3.05) is 19.0 Å². The van der Waals surface area contributed by atoms with Crippen LogP contribution >= 0.6 is 35.3 Å². The molecule has 31 heavy (non-hydrogen) atoms. The quantitative estimate of drug-likeness (QED) is 0.250. The third-order valence-corrected chi connectivity index (χ3v) is 6.53. The third kappa shape index (κ3) is 6.46. The summed E-state index contributed by atoms with van der Waals surface area (Å²) in [7, 11) is 1.33. The van der Waals surface area contributed by atoms with Crippen molar-refractivity contribution in [2.24, 2.45) is 0 Å². The maximum Gasteiger partial charge on any atom is 0.337 e. The minimum absolute atomic E-state index is 0.0540. The van der Waals surface area contributed by atoms with Crippen LogP contribution in [0.2, 0.25) is 0 Å². The highest BCUT2D eigenvalue weighted by Crippen LogP contribution is 2.32. The zero-order valence-electron chi connectivity index (χ0n) is 16.8. The van der Waals surface area contributed by atoms with E-state index >= 15 is 0 Å². The molecule has 1 aliphatic rings. The Hall–Kier alpha value is -2.56. The van der Waals surface area contributed by atoms with Gasteiger partial charge in [-0.05, 0) is 36.6 Å². The van der Waals surface area contributed by atoms with Gasteiger partial charge in [0.25, 0.3) is 5.91 Å². The molecule has 2 aromatic rings. The molecule has 0 aliphatic carbocycles. The van der Waals surface area contributed by atoms with Gasteiger partial charge in [0, 0.05) is 24.5 Å². The van der Waals surface area contributed by atoms with Gasteiger partial charge in [0.2, 0.25) is 5.91 Å². The topological polar surface area (TPSA) is 88.6 Å². The van der Waals surface area contributed by atoms with E-state index < -0.39 is 5.97 Å². The highest BCUT2D eigenvalue weighted by atomic mass is 32.2. The lowest BCUT2D eigenvalue weighted by atomic mass is 10.1. The number of carbonyl (C=O) groups is 3. The Bertz CT molecular complexity index is 988. The van der Waals surface area contributed by atoms with Crippen LogP contribution in [0.15, 0.2) is 40.7 Å². The maximum atomic E-state index is 12.7. The fraction of sp³-hybridized carbons (Fsp3) is 0.286. The molecule has 0 saturated carbocycles. The Kier molecular flexibility index (Phi) is 8.33. The predicted octanol–water partition coefficient (Wildman–Crippen LogP) is 4.33. The van der Waals surface area contributed by atoms with Crippen LogP contribution in [0.25, 0.3) is 6.08 Å². The van der Waals surface area contributed by atoms with E-state index in [2.05, 4.69) is 15.0 Å². The number of rotatable bonds is 9. The third-order valence-electron chi connectivity index (χ3n) is 4.47. The number of carbonyl (C=O) groups excluding carboxylic acids is 3. The first kappa shape index (κ1) is 23.1. The van der Waals surface area contributed by atoms with Crippen molar-refractivity contribution in [3.8, 4) is 0 Å². The minimum atomic E-state index is -0.404. The summed E-state index contributed by atoms with van der Waals surface area (Å²) in [6.45, 7) is 0.525. The van der Waals surface area contributed by atoms with Crippen LogP contribution in [0.3, 0.4) is 0 Å². The summed E-state index contributed by atoms with van der Waals surface area (Å²) in [4.78, 5) is 42.3. The van der Waals surface area contributed by atoms with E-state index in [-0.39, 0.29) is 11.8 Å². The lowest BCUT2D eigenvalue weighted by Gasteiger charge is -2.14. The fourth-order valence-electron chi connectivity index (χ4n) is 2.88. The normalized spacial score (nSPS) is 14.9. The molecule has 10 heteroatoms. The SMILES string of the molecule is COC(=O)c1ccc(/C=C2\SC(=S)N(CCCCCC(=O)Nc3nccs3)C2=O)cc1. The lowest BCUT2D eigenvalue weighted by Crippen LogP contribution is -2.29. The molecule has 1 fully saturated rings. The molecule has 0 bridgehead atoms. The molecule has 1 saturated heterocycles. The fourth-order valence-corrected chi connectivity index (χ4v) is 4.73. The molecule has 2 heterocycles. The van der Waals surface area contributed by atoms with Crippen molar-refractivity contribution in [1.29, 1.82) is 0 Å². The number of thiocarbonyl (C=S) groups is 1. The van der Waals surface area contributed by atoms with Crippen LogP contribution < -0.4 is 5.32 Å². The van der Waals surface area contributed by atoms with Crippen LogP contribution in [0.1, 0.15) is 41.6 Å². The van der Waals surface area contributed by atoms with E-state index in [9.17, 15) is 14.4 Å². The number of benzene rings is 1. The minimum Gasteiger partial charge on any atom is -0.465 e. The number of hydrogen-bond acceptors (Lipinski definition) is 8. The first-order valence-electron chi connectivity index (χ1n) is 9.61. The lowest BCUT2D eigenvalue weighted by molar-refractivity contribution is -0.122. The van der Waals surface area contributed by atoms with Crippen molar-refractivity contribution in [3.05, 3.63) is 51.9 Å². The molecule has 0 radical (unpaired) electrons. The summed E-state index contributed by atoms with van der Waals surface area (Å²) >= 11 is 8.02. The Labute approximate surface area is 193 Å². The van der Waals surface area contributed by atoms with Gasteiger partial charge in [-0.1, -0.05) is 42.5 Å². The van der Waals surface area contributed by atoms with E-state index in [4.69, 9.17) is 12.2 Å². The summed E-state index contributed by atoms with van der Waals surface area (Å²) < 4.78 is 5.22. The molecule has 7 nitrogen and oxygen atoms in total. The summed E-state index contributed by atoms with van der Waals surface area (Å²) in [6, 6.07) is 6.83. The average molecular weight is 476 g/mol. The highest BCUT2D eigenvalue weighted by Gasteiger charge is 2.31. The average Bonchev–Trinajstić information content (AvgIpc) is 3.36. The maximum absolute atomic E-state index is 12.7. The van der Waals surface area contributed by atoms with Crippen LogP contribution in [0.4, 0.5) is 5.13 Å². The van der Waals surface area contributed by atoms with Crippen molar-refractivity contribution in [1.82, 2.24) is 9.88 Å². The standard InChI is InChI=1S/C21H21N3O4S3/c1-28-19(27)15-8-6-14(7-9-15)13-16-18(26)24(21(29)31-16)11-4-2-3-5-17(25)23-20-22-10-12-30-20/h6-10,12-13H,2-5,11H2,1H3,(H,22,23,25)/b16-13-. The second kappa shape index (κ2) is 11.2. The zero-order valence-corrected chi connectivity index (χ0v) is 19.3. The number of unbranched alkanes of at least 4 members (excludes halogenated alkanes) is 2. The first-order chi connectivity index (χ1) is 15.0. The number of hydrogen-bond donors (Lipinski definition) is 1. The Morgan fingerprint density at radius 2 is 2.00 bits per heavy atom. The molecule has 1 aromatic heterocycles. The van der Waals surface area contributed by atoms with E-state index in [1.807, 2.05) is 5.38 Å². The van der Waals surface area contributed by atoms with Gasteiger partial charge in [-0.15, -0.1) is 11.3 Å². The number of nitrogens with one attached hydrogen (secondary N) is 1. The predicted molar refractivity (Wildman–Crippen MR) is 127 cm³/mol. The summed E-state index contributed by atoms with van der Waals surface area (Å²) in [5, 5.41) is 5.17. The van der Waals surface area contributed by atoms with Crippen molar-refractivity contribution in [2.45, 2.75) is 25.7 Å². The van der Waals surface area contributed by atoms with Gasteiger partial charge >= 0.3 is 5.97 Å². The number of nitrogens with zero attached hydrogens (tertiary/aromatic N) is 2. The molecular formula is C21H21N3O4S3. The van der Waals surface area contributed by atoms with Gasteiger partial charge in [-0.3, -0.25) is 14.5 Å². The van der Waals surface area contributed by atoms with Gasteiger partial charge in [0.15, 0.2) is 5.13 Å². The van der Waals surface area contributed by atoms with Gasteiger partial charge in [-0.2, -0.15) is 0 Å². The van der Waals surface area contributed by atoms with Crippen molar-refractivity contribution in [3.63, 3.8) is 0 Å². The monoisotopic (exact) mass is 475 g/mol. The van der Waals surface area contributed by atoms with Crippen LogP contribution in [-0.4, -0.2) is 45.6 Å². The van der Waals surface area contributed by atoms with E-state index in [1.54, 1.807) is 41.4 Å². The molecule has 0 atom stereocenters. The van der Waals surface area contributed by atoms with Crippen LogP contribution in [-0.2, 0) is 14.3 Å². The number of amides is 2. The molecule has 2 amide bonds. The number of thioether (sulfide) groups is 1. The number of ether oxygens (including phenoxy) is 1. The molecule has 1 aromatic carbocycles. The molecule has 0 unspecified atom stereocenters. The Morgan fingerprint density at radius 3 is 2.68 bits per heavy atom. The van der Waals surface area contributed by atoms with Crippen molar-refractivity contribution < 1.29 is 19.1 Å². The van der Waals surface area contributed by atoms with Gasteiger partial charge in [-0.25, -0.2) is 9.78 Å². The van der Waals surface area contributed by atoms with Gasteiger partial charge < -0.3 is 10.1 Å². The zero-order chi connectivity index (χ0) is 22.2. The van der Waals surface area contributed by atoms with Gasteiger partial charge in [0.1, 0.15) is 4.32 Å². The molecule has 162 valence electrons. The molecule has 1 N–H and O–H groups in total. The van der Waals surface area contributed by atoms with Crippen LogP contribution in [0, 0.1) is 0 Å². The number of methoxy groups -OCH3 is 1. The number of esters is 1. The Balaban J connectivity index is 1.45. The summed E-state index contributed by atoms with van der Waals surface area (Å²) in [5.74, 6) is -0.575. The first-order valence-corrected chi connectivity index (χ1v) is 11.7. The molecular weight excluding hydrogens is 454 g/mol. The smallest absolute Gasteiger partial charge is 0.337 e. The van der Waals surface area contributed by atoms with E-state index in [0.717, 1.165) is 24.8 Å². The van der Waals surface area contributed by atoms with E-state index in [0.29, 0.717) is 32.9 Å². The highest BCUT2D eigenvalue weighted by molar-refractivity contribution is 8.26. The summed E-state index contributed by atoms with van der Waals surface area (Å²) in [6.07, 6.45) is 6.14. The molecule has 0 spiro atoms. The summed E-state index contributed by atoms with van der Waals surface area (Å²) in [5.41, 5.74) is 1.26. The Morgan fingerprint density at radius 1 is 1.23 bits per heavy atom. The second-order valence-corrected chi connectivity index (χ2v) is 9.21. The van der Waals surface area contributed by atoms with Crippen LogP contribution in [0.5, 0.6) is 0 Å². The number of thiazole rings is 1. The molecule has 3 rings (SSSR count). The largest absolute Gasteiger partial charge is 0.465 e. The number of anilines is 1. The van der Waals surface area contributed by atoms with E-state index in [1.165, 1.54) is 30.2 Å². The molecule has 1 aliphatic heterocycles. The van der Waals surface area contributed by atoms with Gasteiger partial charge in [0.05, 0.1) is 17.6 Å². The second-order valence-electron chi connectivity index (χ2n) is 6.64. The number of aromatic nitrogens is 1. The van der Waals surface area contributed by atoms with Crippen molar-refractivity contribution >= 4 is 68.6 Å².